The van der Waals surface area contributed by atoms with E-state index in [0.29, 0.717) is 28.9 Å². The summed E-state index contributed by atoms with van der Waals surface area (Å²) < 4.78 is 10.2. The van der Waals surface area contributed by atoms with Gasteiger partial charge in [-0.3, -0.25) is 0 Å². The van der Waals surface area contributed by atoms with Crippen LogP contribution in [0.15, 0.2) is 28.9 Å². The molecule has 1 fully saturated rings. The van der Waals surface area contributed by atoms with Crippen LogP contribution in [-0.2, 0) is 0 Å². The van der Waals surface area contributed by atoms with Crippen LogP contribution >= 0.6 is 0 Å². The molecule has 26 heavy (non-hydrogen) atoms. The Morgan fingerprint density at radius 3 is 2.50 bits per heavy atom. The topological polar surface area (TPSA) is 89.2 Å². The van der Waals surface area contributed by atoms with Gasteiger partial charge < -0.3 is 15.0 Å². The van der Waals surface area contributed by atoms with Crippen molar-refractivity contribution in [3.8, 4) is 5.75 Å². The highest BCUT2D eigenvalue weighted by molar-refractivity contribution is 5.78. The Balaban J connectivity index is 1.77. The summed E-state index contributed by atoms with van der Waals surface area (Å²) >= 11 is 0. The van der Waals surface area contributed by atoms with Gasteiger partial charge in [-0.2, -0.15) is 0 Å². The predicted octanol–water partition coefficient (Wildman–Crippen LogP) is 3.25. The molecule has 0 unspecified atom stereocenters. The van der Waals surface area contributed by atoms with Gasteiger partial charge >= 0.3 is 0 Å². The number of fused-ring (bicyclic) bond motifs is 1. The van der Waals surface area contributed by atoms with Crippen LogP contribution in [0.3, 0.4) is 0 Å². The number of para-hydroxylation sites is 2. The molecule has 0 spiro atoms. The molecule has 4 rings (SSSR count). The van der Waals surface area contributed by atoms with E-state index in [0.717, 1.165) is 30.3 Å². The molecule has 3 heterocycles. The molecular weight excluding hydrogens is 332 g/mol. The zero-order valence-corrected chi connectivity index (χ0v) is 15.1. The number of rotatable bonds is 4. The first kappa shape index (κ1) is 16.6. The van der Waals surface area contributed by atoms with Crippen LogP contribution in [0.4, 0.5) is 17.3 Å². The minimum Gasteiger partial charge on any atom is -0.495 e. The van der Waals surface area contributed by atoms with Crippen molar-refractivity contribution in [3.63, 3.8) is 0 Å². The van der Waals surface area contributed by atoms with Crippen molar-refractivity contribution >= 4 is 28.6 Å². The van der Waals surface area contributed by atoms with Crippen LogP contribution < -0.4 is 15.0 Å². The van der Waals surface area contributed by atoms with Gasteiger partial charge in [-0.1, -0.05) is 26.0 Å². The molecule has 0 radical (unpaired) electrons. The van der Waals surface area contributed by atoms with Gasteiger partial charge in [0.2, 0.25) is 11.3 Å². The Bertz CT molecular complexity index is 902. The lowest BCUT2D eigenvalue weighted by molar-refractivity contribution is 0.314. The second-order valence-electron chi connectivity index (χ2n) is 6.98. The first-order valence-electron chi connectivity index (χ1n) is 8.79. The van der Waals surface area contributed by atoms with E-state index in [1.807, 2.05) is 24.3 Å². The minimum atomic E-state index is 0.379. The molecule has 2 aromatic heterocycles. The molecule has 1 N–H and O–H groups in total. The summed E-state index contributed by atoms with van der Waals surface area (Å²) in [5.41, 5.74) is 1.61. The van der Waals surface area contributed by atoms with Gasteiger partial charge in [-0.25, -0.2) is 14.6 Å². The van der Waals surface area contributed by atoms with Gasteiger partial charge in [0, 0.05) is 13.1 Å². The van der Waals surface area contributed by atoms with Crippen LogP contribution in [0.1, 0.15) is 20.3 Å². The van der Waals surface area contributed by atoms with Gasteiger partial charge in [0.25, 0.3) is 0 Å². The predicted molar refractivity (Wildman–Crippen MR) is 98.8 cm³/mol. The van der Waals surface area contributed by atoms with Crippen molar-refractivity contribution in [2.75, 3.05) is 30.4 Å². The number of ether oxygens (including phenoxy) is 1. The lowest BCUT2D eigenvalue weighted by Gasteiger charge is -2.36. The Kier molecular flexibility index (Phi) is 4.32. The highest BCUT2D eigenvalue weighted by atomic mass is 16.6. The Morgan fingerprint density at radius 1 is 1.08 bits per heavy atom. The summed E-state index contributed by atoms with van der Waals surface area (Å²) in [5, 5.41) is 11.0. The van der Waals surface area contributed by atoms with E-state index in [4.69, 9.17) is 9.37 Å². The molecule has 0 amide bonds. The molecule has 0 saturated carbocycles. The summed E-state index contributed by atoms with van der Waals surface area (Å²) in [6.07, 6.45) is 1.22. The number of aromatic nitrogens is 4. The third-order valence-electron chi connectivity index (χ3n) is 4.62. The van der Waals surface area contributed by atoms with E-state index < -0.39 is 0 Å². The van der Waals surface area contributed by atoms with Crippen LogP contribution in [-0.4, -0.2) is 40.5 Å². The molecule has 1 aliphatic rings. The summed E-state index contributed by atoms with van der Waals surface area (Å²) in [6, 6.07) is 7.71. The highest BCUT2D eigenvalue weighted by Crippen LogP contribution is 2.34. The quantitative estimate of drug-likeness (QED) is 0.764. The summed E-state index contributed by atoms with van der Waals surface area (Å²) in [7, 11) is 1.64. The number of piperidine rings is 1. The zero-order valence-electron chi connectivity index (χ0n) is 15.1. The molecule has 8 heteroatoms. The first-order chi connectivity index (χ1) is 12.6. The second kappa shape index (κ2) is 6.78. The largest absolute Gasteiger partial charge is 0.495 e. The lowest BCUT2D eigenvalue weighted by atomic mass is 9.92. The third kappa shape index (κ3) is 3.14. The standard InChI is InChI=1S/C18H22N6O2/c1-11-8-12(2)10-24(9-11)18-17(20-15-16(21-18)23-26-22-15)19-13-6-4-5-7-14(13)25-3/h4-7,11-12H,8-10H2,1-3H3,(H,19,20,22)/t11-,12-/m0/s1. The minimum absolute atomic E-state index is 0.379. The van der Waals surface area contributed by atoms with E-state index in [-0.39, 0.29) is 0 Å². The Hall–Kier alpha value is -2.90. The molecular formula is C18H22N6O2. The number of hydrogen-bond donors (Lipinski definition) is 1. The monoisotopic (exact) mass is 354 g/mol. The van der Waals surface area contributed by atoms with Crippen molar-refractivity contribution in [3.05, 3.63) is 24.3 Å². The molecule has 3 aromatic rings. The van der Waals surface area contributed by atoms with E-state index in [1.54, 1.807) is 7.11 Å². The van der Waals surface area contributed by atoms with Crippen molar-refractivity contribution < 1.29 is 9.37 Å². The fourth-order valence-electron chi connectivity index (χ4n) is 3.65. The fourth-order valence-corrected chi connectivity index (χ4v) is 3.65. The number of hydrogen-bond acceptors (Lipinski definition) is 8. The molecule has 1 saturated heterocycles. The summed E-state index contributed by atoms with van der Waals surface area (Å²) in [4.78, 5) is 11.5. The van der Waals surface area contributed by atoms with Crippen molar-refractivity contribution in [1.82, 2.24) is 20.3 Å². The maximum absolute atomic E-state index is 5.44. The van der Waals surface area contributed by atoms with Gasteiger partial charge in [0.1, 0.15) is 5.75 Å². The van der Waals surface area contributed by atoms with Crippen LogP contribution in [0.25, 0.3) is 11.3 Å². The van der Waals surface area contributed by atoms with E-state index in [9.17, 15) is 0 Å². The van der Waals surface area contributed by atoms with Gasteiger partial charge in [0.05, 0.1) is 12.8 Å². The Labute approximate surface area is 151 Å². The normalized spacial score (nSPS) is 20.3. The molecule has 1 aliphatic heterocycles. The number of nitrogens with one attached hydrogen (secondary N) is 1. The van der Waals surface area contributed by atoms with Crippen LogP contribution in [0.2, 0.25) is 0 Å². The van der Waals surface area contributed by atoms with Crippen molar-refractivity contribution in [2.45, 2.75) is 20.3 Å². The first-order valence-corrected chi connectivity index (χ1v) is 8.79. The smallest absolute Gasteiger partial charge is 0.245 e. The second-order valence-corrected chi connectivity index (χ2v) is 6.98. The lowest BCUT2D eigenvalue weighted by Crippen LogP contribution is -2.39. The van der Waals surface area contributed by atoms with Crippen molar-refractivity contribution in [1.29, 1.82) is 0 Å². The van der Waals surface area contributed by atoms with Crippen LogP contribution in [0, 0.1) is 11.8 Å². The number of methoxy groups -OCH3 is 1. The van der Waals surface area contributed by atoms with E-state index in [2.05, 4.69) is 44.3 Å². The molecule has 0 bridgehead atoms. The number of nitrogens with zero attached hydrogens (tertiary/aromatic N) is 5. The molecule has 1 aromatic carbocycles. The highest BCUT2D eigenvalue weighted by Gasteiger charge is 2.26. The zero-order chi connectivity index (χ0) is 18.1. The number of benzene rings is 1. The average Bonchev–Trinajstić information content (AvgIpc) is 3.08. The average molecular weight is 354 g/mol. The maximum Gasteiger partial charge on any atom is 0.245 e. The maximum atomic E-state index is 5.44. The van der Waals surface area contributed by atoms with Crippen LogP contribution in [0.5, 0.6) is 5.75 Å². The van der Waals surface area contributed by atoms with E-state index in [1.165, 1.54) is 6.42 Å². The molecule has 136 valence electrons. The summed E-state index contributed by atoms with van der Waals surface area (Å²) in [6.45, 7) is 6.38. The molecule has 8 nitrogen and oxygen atoms in total. The SMILES string of the molecule is COc1ccccc1Nc1nc2nonc2nc1N1C[C@@H](C)C[C@H](C)C1. The molecule has 2 atom stereocenters. The van der Waals surface area contributed by atoms with Crippen molar-refractivity contribution in [2.24, 2.45) is 11.8 Å². The fraction of sp³-hybridized carbons (Fsp3) is 0.444. The third-order valence-corrected chi connectivity index (χ3v) is 4.62. The van der Waals surface area contributed by atoms with Gasteiger partial charge in [0.15, 0.2) is 11.6 Å². The Morgan fingerprint density at radius 2 is 1.77 bits per heavy atom. The van der Waals surface area contributed by atoms with Gasteiger partial charge in [-0.15, -0.1) is 0 Å². The number of anilines is 3. The molecule has 0 aliphatic carbocycles. The summed E-state index contributed by atoms with van der Waals surface area (Å²) in [5.74, 6) is 3.30. The van der Waals surface area contributed by atoms with Gasteiger partial charge in [-0.05, 0) is 40.7 Å². The van der Waals surface area contributed by atoms with E-state index >= 15 is 0 Å².